The zero-order valence-electron chi connectivity index (χ0n) is 13.8. The molecule has 0 amide bonds. The zero-order chi connectivity index (χ0) is 18.5. The molecule has 126 valence electrons. The minimum Gasteiger partial charge on any atom is -0.508 e. The fourth-order valence-electron chi connectivity index (χ4n) is 2.83. The van der Waals surface area contributed by atoms with Gasteiger partial charge in [-0.15, -0.1) is 0 Å². The van der Waals surface area contributed by atoms with Crippen LogP contribution in [-0.4, -0.2) is 15.1 Å². The summed E-state index contributed by atoms with van der Waals surface area (Å²) >= 11 is 0. The maximum atomic E-state index is 9.77. The number of hydrogen-bond donors (Lipinski definition) is 2. The average molecular weight is 341 g/mol. The zero-order valence-corrected chi connectivity index (χ0v) is 13.8. The van der Waals surface area contributed by atoms with Gasteiger partial charge in [-0.3, -0.25) is 4.98 Å². The first-order valence-electron chi connectivity index (χ1n) is 7.95. The molecule has 2 aromatic heterocycles. The summed E-state index contributed by atoms with van der Waals surface area (Å²) in [4.78, 5) is 8.37. The summed E-state index contributed by atoms with van der Waals surface area (Å²) in [5, 5.41) is 29.0. The quantitative estimate of drug-likeness (QED) is 0.753. The van der Waals surface area contributed by atoms with E-state index in [1.54, 1.807) is 24.5 Å². The van der Waals surface area contributed by atoms with Crippen LogP contribution in [0.1, 0.15) is 22.4 Å². The fourth-order valence-corrected chi connectivity index (χ4v) is 2.83. The van der Waals surface area contributed by atoms with Crippen molar-refractivity contribution < 1.29 is 5.11 Å². The van der Waals surface area contributed by atoms with Gasteiger partial charge in [0.2, 0.25) is 0 Å². The van der Waals surface area contributed by atoms with E-state index in [2.05, 4.69) is 16.0 Å². The third-order valence-electron chi connectivity index (χ3n) is 4.03. The first kappa shape index (κ1) is 16.9. The molecular formula is C20H15N5O. The number of rotatable bonds is 4. The molecule has 26 heavy (non-hydrogen) atoms. The summed E-state index contributed by atoms with van der Waals surface area (Å²) < 4.78 is 0. The van der Waals surface area contributed by atoms with Crippen LogP contribution in [0.3, 0.4) is 0 Å². The van der Waals surface area contributed by atoms with Crippen LogP contribution in [0.5, 0.6) is 5.75 Å². The van der Waals surface area contributed by atoms with Crippen molar-refractivity contribution in [2.45, 2.75) is 12.8 Å². The van der Waals surface area contributed by atoms with E-state index in [9.17, 15) is 15.6 Å². The molecular weight excluding hydrogens is 326 g/mol. The molecule has 3 rings (SSSR count). The van der Waals surface area contributed by atoms with Gasteiger partial charge in [0.05, 0.1) is 11.3 Å². The van der Waals surface area contributed by atoms with Crippen molar-refractivity contribution >= 4 is 5.82 Å². The highest BCUT2D eigenvalue weighted by Crippen LogP contribution is 2.33. The summed E-state index contributed by atoms with van der Waals surface area (Å²) in [6.07, 6.45) is 4.58. The number of hydrogen-bond acceptors (Lipinski definition) is 6. The molecule has 3 aromatic rings. The summed E-state index contributed by atoms with van der Waals surface area (Å²) in [6, 6.07) is 14.4. The van der Waals surface area contributed by atoms with Gasteiger partial charge >= 0.3 is 0 Å². The Kier molecular flexibility index (Phi) is 4.78. The van der Waals surface area contributed by atoms with Gasteiger partial charge < -0.3 is 10.8 Å². The van der Waals surface area contributed by atoms with Crippen LogP contribution >= 0.6 is 0 Å². The molecule has 6 heteroatoms. The van der Waals surface area contributed by atoms with Crippen LogP contribution in [-0.2, 0) is 12.8 Å². The minimum absolute atomic E-state index is 0.0440. The number of nitrogens with two attached hydrogens (primary N) is 1. The number of anilines is 1. The molecule has 0 aliphatic carbocycles. The largest absolute Gasteiger partial charge is 0.508 e. The molecule has 0 saturated heterocycles. The molecule has 1 aromatic carbocycles. The molecule has 0 radical (unpaired) electrons. The van der Waals surface area contributed by atoms with Gasteiger partial charge in [-0.05, 0) is 42.2 Å². The second-order valence-electron chi connectivity index (χ2n) is 5.70. The molecule has 0 spiro atoms. The monoisotopic (exact) mass is 341 g/mol. The first-order chi connectivity index (χ1) is 12.6. The number of nitrogen functional groups attached to an aromatic ring is 1. The fraction of sp³-hybridized carbons (Fsp3) is 0.100. The molecule has 3 N–H and O–H groups in total. The number of aromatic nitrogens is 2. The summed E-state index contributed by atoms with van der Waals surface area (Å²) in [7, 11) is 0. The van der Waals surface area contributed by atoms with E-state index < -0.39 is 0 Å². The lowest BCUT2D eigenvalue weighted by Crippen LogP contribution is -2.07. The Morgan fingerprint density at radius 1 is 1.04 bits per heavy atom. The second kappa shape index (κ2) is 7.33. The van der Waals surface area contributed by atoms with Crippen LogP contribution in [0.25, 0.3) is 11.1 Å². The van der Waals surface area contributed by atoms with Crippen LogP contribution < -0.4 is 5.73 Å². The molecule has 0 aliphatic rings. The van der Waals surface area contributed by atoms with Crippen molar-refractivity contribution in [2.75, 3.05) is 5.73 Å². The molecule has 0 fully saturated rings. The highest BCUT2D eigenvalue weighted by Gasteiger charge is 2.20. The Morgan fingerprint density at radius 2 is 1.85 bits per heavy atom. The van der Waals surface area contributed by atoms with Gasteiger partial charge in [-0.2, -0.15) is 10.5 Å². The van der Waals surface area contributed by atoms with Gasteiger partial charge in [0.25, 0.3) is 0 Å². The number of pyridine rings is 2. The van der Waals surface area contributed by atoms with Crippen molar-refractivity contribution in [1.82, 2.24) is 9.97 Å². The lowest BCUT2D eigenvalue weighted by Gasteiger charge is -2.13. The molecule has 0 atom stereocenters. The van der Waals surface area contributed by atoms with Crippen LogP contribution in [0.4, 0.5) is 5.82 Å². The number of nitrogens with zero attached hydrogens (tertiary/aromatic N) is 4. The molecule has 0 unspecified atom stereocenters. The van der Waals surface area contributed by atoms with Crippen molar-refractivity contribution in [2.24, 2.45) is 0 Å². The lowest BCUT2D eigenvalue weighted by atomic mass is 9.93. The van der Waals surface area contributed by atoms with Crippen LogP contribution in [0.2, 0.25) is 0 Å². The second-order valence-corrected chi connectivity index (χ2v) is 5.70. The first-order valence-corrected chi connectivity index (χ1v) is 7.95. The number of nitriles is 2. The molecule has 2 heterocycles. The topological polar surface area (TPSA) is 120 Å². The summed E-state index contributed by atoms with van der Waals surface area (Å²) in [6.45, 7) is 0. The highest BCUT2D eigenvalue weighted by molar-refractivity contribution is 5.81. The summed E-state index contributed by atoms with van der Waals surface area (Å²) in [5.74, 6) is 0.119. The van der Waals surface area contributed by atoms with Crippen LogP contribution in [0, 0.1) is 22.7 Å². The third kappa shape index (κ3) is 3.31. The normalized spacial score (nSPS) is 10.1. The highest BCUT2D eigenvalue weighted by atomic mass is 16.3. The van der Waals surface area contributed by atoms with Crippen molar-refractivity contribution in [3.8, 4) is 29.0 Å². The molecule has 0 bridgehead atoms. The predicted octanol–water partition coefficient (Wildman–Crippen LogP) is 2.96. The molecule has 0 aliphatic heterocycles. The average Bonchev–Trinajstić information content (AvgIpc) is 2.66. The van der Waals surface area contributed by atoms with E-state index in [4.69, 9.17) is 5.73 Å². The number of phenolic OH excluding ortho intramolecular Hbond substituents is 1. The Bertz CT molecular complexity index is 1030. The van der Waals surface area contributed by atoms with Gasteiger partial charge in [0.15, 0.2) is 0 Å². The Labute approximate surface area is 150 Å². The number of aromatic hydroxyl groups is 1. The van der Waals surface area contributed by atoms with Crippen molar-refractivity contribution in [3.63, 3.8) is 0 Å². The van der Waals surface area contributed by atoms with Crippen molar-refractivity contribution in [3.05, 3.63) is 71.2 Å². The Morgan fingerprint density at radius 3 is 2.50 bits per heavy atom. The SMILES string of the molecule is N#Cc1c(N)nc(CCc2cccnc2)c(C#N)c1-c1cccc(O)c1. The number of phenols is 1. The minimum atomic E-state index is 0.0440. The van der Waals surface area contributed by atoms with E-state index in [1.165, 1.54) is 12.1 Å². The van der Waals surface area contributed by atoms with E-state index in [-0.39, 0.29) is 17.1 Å². The Hall–Kier alpha value is -3.90. The maximum Gasteiger partial charge on any atom is 0.142 e. The van der Waals surface area contributed by atoms with Gasteiger partial charge in [0.1, 0.15) is 29.3 Å². The van der Waals surface area contributed by atoms with E-state index >= 15 is 0 Å². The summed E-state index contributed by atoms with van der Waals surface area (Å²) in [5.41, 5.74) is 8.90. The van der Waals surface area contributed by atoms with Gasteiger partial charge in [-0.1, -0.05) is 18.2 Å². The van der Waals surface area contributed by atoms with Crippen LogP contribution in [0.15, 0.2) is 48.8 Å². The maximum absolute atomic E-state index is 9.77. The third-order valence-corrected chi connectivity index (χ3v) is 4.03. The van der Waals surface area contributed by atoms with Crippen molar-refractivity contribution in [1.29, 1.82) is 10.5 Å². The number of benzene rings is 1. The smallest absolute Gasteiger partial charge is 0.142 e. The lowest BCUT2D eigenvalue weighted by molar-refractivity contribution is 0.475. The van der Waals surface area contributed by atoms with E-state index in [1.807, 2.05) is 18.2 Å². The van der Waals surface area contributed by atoms with Gasteiger partial charge in [0, 0.05) is 18.0 Å². The predicted molar refractivity (Wildman–Crippen MR) is 96.8 cm³/mol. The number of aryl methyl sites for hydroxylation is 2. The standard InChI is InChI=1S/C20H15N5O/c21-10-16-18(7-6-13-3-2-8-24-12-13)25-20(23)17(11-22)19(16)14-4-1-5-15(26)9-14/h1-5,8-9,12,26H,6-7H2,(H2,23,25). The van der Waals surface area contributed by atoms with Gasteiger partial charge in [-0.25, -0.2) is 4.98 Å². The molecule has 0 saturated carbocycles. The molecule has 6 nitrogen and oxygen atoms in total. The van der Waals surface area contributed by atoms with E-state index in [0.717, 1.165) is 5.56 Å². The van der Waals surface area contributed by atoms with E-state index in [0.29, 0.717) is 35.2 Å². The Balaban J connectivity index is 2.12.